The van der Waals surface area contributed by atoms with Gasteiger partial charge < -0.3 is 25.9 Å². The number of unbranched alkanes of at least 4 members (excludes halogenated alkanes) is 21. The zero-order chi connectivity index (χ0) is 31.9. The topological polar surface area (TPSA) is 107 Å². The van der Waals surface area contributed by atoms with Crippen molar-refractivity contribution >= 4 is 19.1 Å². The minimum Gasteiger partial charge on any atom is -0.402 e. The monoisotopic (exact) mass is 624 g/mol. The van der Waals surface area contributed by atoms with Crippen LogP contribution in [0.15, 0.2) is 36.5 Å². The predicted molar refractivity (Wildman–Crippen MR) is 191 cm³/mol. The van der Waals surface area contributed by atoms with E-state index in [1.807, 2.05) is 12.2 Å². The van der Waals surface area contributed by atoms with Crippen molar-refractivity contribution in [1.82, 2.24) is 0 Å². The molecule has 1 fully saturated rings. The highest BCUT2D eigenvalue weighted by Crippen LogP contribution is 2.67. The maximum absolute atomic E-state index is 10.3. The molecule has 7 heteroatoms. The van der Waals surface area contributed by atoms with Crippen LogP contribution >= 0.6 is 11.8 Å². The summed E-state index contributed by atoms with van der Waals surface area (Å²) in [5.74, 6) is 0. The van der Waals surface area contributed by atoms with Crippen LogP contribution in [0.4, 0.5) is 0 Å². The lowest BCUT2D eigenvalue weighted by molar-refractivity contribution is 0.193. The number of hydrogen-bond donors (Lipinski definition) is 5. The van der Waals surface area contributed by atoms with Gasteiger partial charge in [0.05, 0.1) is 4.75 Å². The first-order valence-corrected chi connectivity index (χ1v) is 18.9. The van der Waals surface area contributed by atoms with Crippen LogP contribution in [0.25, 0.3) is 0 Å². The van der Waals surface area contributed by atoms with Gasteiger partial charge in [0.25, 0.3) is 0 Å². The Hall–Kier alpha value is -0.565. The molecule has 0 bridgehead atoms. The normalized spacial score (nSPS) is 19.9. The fourth-order valence-corrected chi connectivity index (χ4v) is 6.84. The standard InChI is InChI=1S/C18H37N.C18H30OS.BH3O3/c1-2-3-4-5-6-7-8-9-10-11-12-13-14-15-16-17-18-19;1-2-3-4-5-6-7-8-9-10-11-14-17-15-12-13-16-18(17,19)20-17;2-1(3)4/h9-10H,2-8,11-19H2,1H3;12-13,15-16,19H,2-11,14H2,1H3;2-4H. The molecule has 0 spiro atoms. The number of fused-ring (bicyclic) bond motifs is 1. The molecule has 1 heterocycles. The van der Waals surface area contributed by atoms with Crippen LogP contribution in [-0.2, 0) is 0 Å². The van der Waals surface area contributed by atoms with E-state index in [0.29, 0.717) is 0 Å². The summed E-state index contributed by atoms with van der Waals surface area (Å²) >= 11 is 1.71. The van der Waals surface area contributed by atoms with Gasteiger partial charge in [-0.3, -0.25) is 0 Å². The van der Waals surface area contributed by atoms with E-state index in [0.717, 1.165) is 13.0 Å². The molecule has 5 nitrogen and oxygen atoms in total. The molecular formula is C36H70BNO4S. The molecule has 2 atom stereocenters. The van der Waals surface area contributed by atoms with E-state index in [1.54, 1.807) is 11.8 Å². The van der Waals surface area contributed by atoms with Gasteiger partial charge in [0.2, 0.25) is 0 Å². The van der Waals surface area contributed by atoms with Crippen LogP contribution < -0.4 is 5.73 Å². The Balaban J connectivity index is 0.000000731. The van der Waals surface area contributed by atoms with Crippen molar-refractivity contribution < 1.29 is 20.2 Å². The summed E-state index contributed by atoms with van der Waals surface area (Å²) < 4.78 is 0.0297. The fourth-order valence-electron chi connectivity index (χ4n) is 5.56. The molecule has 0 aromatic heterocycles. The first-order valence-electron chi connectivity index (χ1n) is 18.1. The van der Waals surface area contributed by atoms with Crippen molar-refractivity contribution in [2.45, 2.75) is 184 Å². The van der Waals surface area contributed by atoms with E-state index in [4.69, 9.17) is 20.8 Å². The van der Waals surface area contributed by atoms with E-state index in [2.05, 4.69) is 38.2 Å². The maximum Gasteiger partial charge on any atom is 0.631 e. The number of aliphatic hydroxyl groups is 1. The second-order valence-electron chi connectivity index (χ2n) is 12.4. The molecule has 0 aromatic carbocycles. The molecule has 0 amide bonds. The lowest BCUT2D eigenvalue weighted by Crippen LogP contribution is -2.23. The molecule has 1 aliphatic heterocycles. The summed E-state index contributed by atoms with van der Waals surface area (Å²) in [6.45, 7) is 5.41. The Morgan fingerprint density at radius 1 is 0.581 bits per heavy atom. The third-order valence-corrected chi connectivity index (χ3v) is 9.94. The average molecular weight is 624 g/mol. The highest BCUT2D eigenvalue weighted by atomic mass is 32.2. The Kier molecular flexibility index (Phi) is 29.7. The summed E-state index contributed by atoms with van der Waals surface area (Å²) in [6, 6.07) is 0. The molecule has 1 saturated heterocycles. The SMILES string of the molecule is CCCCCCCCC=CCCCCCCCCN.CCCCCCCCCCCCC12C=CC=CC1(O)S2.OB(O)O. The van der Waals surface area contributed by atoms with E-state index in [9.17, 15) is 5.11 Å². The summed E-state index contributed by atoms with van der Waals surface area (Å²) in [5.41, 5.74) is 5.47. The largest absolute Gasteiger partial charge is 0.631 e. The maximum atomic E-state index is 10.3. The minimum atomic E-state index is -2.17. The van der Waals surface area contributed by atoms with Crippen molar-refractivity contribution in [1.29, 1.82) is 0 Å². The van der Waals surface area contributed by atoms with E-state index < -0.39 is 12.3 Å². The van der Waals surface area contributed by atoms with Gasteiger partial charge in [-0.05, 0) is 51.1 Å². The molecule has 43 heavy (non-hydrogen) atoms. The van der Waals surface area contributed by atoms with Crippen molar-refractivity contribution in [3.63, 3.8) is 0 Å². The van der Waals surface area contributed by atoms with Crippen LogP contribution in [0.1, 0.15) is 174 Å². The van der Waals surface area contributed by atoms with Gasteiger partial charge in [0, 0.05) is 0 Å². The van der Waals surface area contributed by atoms with Crippen LogP contribution in [0.2, 0.25) is 0 Å². The molecular weight excluding hydrogens is 553 g/mol. The van der Waals surface area contributed by atoms with Crippen LogP contribution in [0.3, 0.4) is 0 Å². The Morgan fingerprint density at radius 2 is 0.953 bits per heavy atom. The second-order valence-corrected chi connectivity index (χ2v) is 14.0. The van der Waals surface area contributed by atoms with E-state index >= 15 is 0 Å². The van der Waals surface area contributed by atoms with E-state index in [1.165, 1.54) is 154 Å². The highest BCUT2D eigenvalue weighted by molar-refractivity contribution is 8.09. The highest BCUT2D eigenvalue weighted by Gasteiger charge is 2.65. The van der Waals surface area contributed by atoms with Gasteiger partial charge in [0.1, 0.15) is 4.93 Å². The first kappa shape index (κ1) is 42.4. The summed E-state index contributed by atoms with van der Waals surface area (Å²) in [7, 11) is -2.17. The smallest absolute Gasteiger partial charge is 0.402 e. The zero-order valence-corrected chi connectivity index (χ0v) is 29.0. The van der Waals surface area contributed by atoms with Crippen molar-refractivity contribution in [3.8, 4) is 0 Å². The Bertz CT molecular complexity index is 687. The van der Waals surface area contributed by atoms with Crippen molar-refractivity contribution in [3.05, 3.63) is 36.5 Å². The van der Waals surface area contributed by atoms with Gasteiger partial charge in [-0.15, -0.1) is 11.8 Å². The Labute approximate surface area is 271 Å². The minimum absolute atomic E-state index is 0.0297. The summed E-state index contributed by atoms with van der Waals surface area (Å²) in [4.78, 5) is -0.568. The lowest BCUT2D eigenvalue weighted by Gasteiger charge is -2.15. The molecule has 0 saturated carbocycles. The van der Waals surface area contributed by atoms with Crippen LogP contribution in [-0.4, -0.2) is 43.7 Å². The molecule has 252 valence electrons. The number of allylic oxidation sites excluding steroid dienone is 4. The van der Waals surface area contributed by atoms with Gasteiger partial charge in [-0.2, -0.15) is 0 Å². The third-order valence-electron chi connectivity index (χ3n) is 8.32. The number of rotatable bonds is 26. The molecule has 2 aliphatic rings. The van der Waals surface area contributed by atoms with Gasteiger partial charge in [-0.1, -0.05) is 166 Å². The zero-order valence-electron chi connectivity index (χ0n) is 28.2. The Morgan fingerprint density at radius 3 is 1.37 bits per heavy atom. The predicted octanol–water partition coefficient (Wildman–Crippen LogP) is 9.53. The molecule has 0 aromatic rings. The first-order chi connectivity index (χ1) is 20.9. The quantitative estimate of drug-likeness (QED) is 0.0284. The fraction of sp³-hybridized carbons (Fsp3) is 0.833. The van der Waals surface area contributed by atoms with Gasteiger partial charge >= 0.3 is 7.32 Å². The van der Waals surface area contributed by atoms with E-state index in [-0.39, 0.29) is 4.75 Å². The summed E-state index contributed by atoms with van der Waals surface area (Å²) in [5, 5.41) is 31.8. The average Bonchev–Trinajstić information content (AvgIpc) is 3.61. The van der Waals surface area contributed by atoms with Gasteiger partial charge in [-0.25, -0.2) is 0 Å². The molecule has 2 rings (SSSR count). The molecule has 2 unspecified atom stereocenters. The van der Waals surface area contributed by atoms with Crippen molar-refractivity contribution in [2.24, 2.45) is 5.73 Å². The van der Waals surface area contributed by atoms with Crippen molar-refractivity contribution in [2.75, 3.05) is 6.54 Å². The second kappa shape index (κ2) is 30.1. The summed E-state index contributed by atoms with van der Waals surface area (Å²) in [6.07, 6.45) is 47.0. The number of hydrogen-bond acceptors (Lipinski definition) is 6. The third kappa shape index (κ3) is 25.3. The lowest BCUT2D eigenvalue weighted by atomic mass is 9.91. The van der Waals surface area contributed by atoms with Crippen LogP contribution in [0, 0.1) is 0 Å². The number of thioether (sulfide) groups is 1. The molecule has 0 radical (unpaired) electrons. The molecule has 1 aliphatic carbocycles. The molecule has 6 N–H and O–H groups in total. The number of nitrogens with two attached hydrogens (primary N) is 1. The van der Waals surface area contributed by atoms with Crippen LogP contribution in [0.5, 0.6) is 0 Å². The van der Waals surface area contributed by atoms with Gasteiger partial charge in [0.15, 0.2) is 0 Å².